The third kappa shape index (κ3) is 2.88. The maximum atomic E-state index is 10.2. The molecule has 3 unspecified atom stereocenters. The van der Waals surface area contributed by atoms with Crippen LogP contribution in [0.1, 0.15) is 48.0 Å². The molecule has 2 rings (SSSR count). The normalized spacial score (nSPS) is 45.0. The molecule has 2 fully saturated rings. The molecule has 0 aromatic heterocycles. The van der Waals surface area contributed by atoms with E-state index in [1.54, 1.807) is 6.08 Å². The molecule has 0 aliphatic carbocycles. The summed E-state index contributed by atoms with van der Waals surface area (Å²) in [5, 5.41) is 0. The Hall–Kier alpha value is -0.523. The van der Waals surface area contributed by atoms with Gasteiger partial charge >= 0.3 is 8.80 Å². The van der Waals surface area contributed by atoms with Crippen LogP contribution in [-0.2, 0) is 18.1 Å². The smallest absolute Gasteiger partial charge is 0.370 e. The Bertz CT molecular complexity index is 451. The van der Waals surface area contributed by atoms with Crippen LogP contribution in [0.2, 0.25) is 6.04 Å². The minimum atomic E-state index is -2.73. The zero-order valence-corrected chi connectivity index (χ0v) is 14.9. The molecule has 5 atom stereocenters. The van der Waals surface area contributed by atoms with E-state index >= 15 is 0 Å². The second-order valence-electron chi connectivity index (χ2n) is 7.08. The molecule has 0 amide bonds. The number of hydrogen-bond acceptors (Lipinski definition) is 5. The van der Waals surface area contributed by atoms with Crippen LogP contribution in [-0.4, -0.2) is 38.7 Å². The van der Waals surface area contributed by atoms with E-state index < -0.39 is 8.80 Å². The summed E-state index contributed by atoms with van der Waals surface area (Å²) in [6, 6.07) is 0.695. The first-order chi connectivity index (χ1) is 9.67. The van der Waals surface area contributed by atoms with Crippen molar-refractivity contribution in [3.63, 3.8) is 0 Å². The van der Waals surface area contributed by atoms with Gasteiger partial charge in [-0.15, -0.1) is 0 Å². The molecule has 5 nitrogen and oxygen atoms in total. The molecule has 6 heteroatoms. The lowest BCUT2D eigenvalue weighted by Gasteiger charge is -2.62. The van der Waals surface area contributed by atoms with Crippen LogP contribution in [0.5, 0.6) is 0 Å². The molecule has 2 bridgehead atoms. The Labute approximate surface area is 128 Å². The van der Waals surface area contributed by atoms with Crippen LogP contribution in [0.25, 0.3) is 0 Å². The zero-order valence-electron chi connectivity index (χ0n) is 13.9. The molecule has 0 aromatic rings. The molecule has 2 aliphatic rings. The first-order valence-electron chi connectivity index (χ1n) is 7.79. The average molecular weight is 313 g/mol. The van der Waals surface area contributed by atoms with Crippen molar-refractivity contribution in [2.45, 2.75) is 71.3 Å². The van der Waals surface area contributed by atoms with Crippen molar-refractivity contribution >= 4 is 14.9 Å². The van der Waals surface area contributed by atoms with Crippen LogP contribution in [0.3, 0.4) is 0 Å². The van der Waals surface area contributed by atoms with Gasteiger partial charge in [0.15, 0.2) is 0 Å². The molecular formula is C15H27NO4Si. The Morgan fingerprint density at radius 2 is 1.86 bits per heavy atom. The molecule has 2 saturated heterocycles. The number of rotatable bonds is 4. The van der Waals surface area contributed by atoms with Crippen molar-refractivity contribution < 1.29 is 18.1 Å². The number of carbonyl (C=O) groups excluding carboxylic acids is 1. The van der Waals surface area contributed by atoms with Crippen molar-refractivity contribution in [1.29, 1.82) is 0 Å². The van der Waals surface area contributed by atoms with Gasteiger partial charge in [-0.3, -0.25) is 0 Å². The maximum absolute atomic E-state index is 10.2. The van der Waals surface area contributed by atoms with E-state index in [1.807, 2.05) is 0 Å². The fourth-order valence-electron chi connectivity index (χ4n) is 3.59. The Kier molecular flexibility index (Phi) is 4.49. The van der Waals surface area contributed by atoms with E-state index in [0.717, 1.165) is 6.42 Å². The number of hydrogen-bond donors (Lipinski definition) is 0. The van der Waals surface area contributed by atoms with Crippen LogP contribution in [0.4, 0.5) is 0 Å². The standard InChI is InChI=1S/C15H27NO4Si/c1-11-12(2)18-21(9-7-8-16-10-17)19-14(4,5)13(3)15(11,6)20-21/h11-13H,7-9H2,1-6H3/t11?,12-,13?,15-,21?/m0/s1. The van der Waals surface area contributed by atoms with E-state index in [4.69, 9.17) is 13.3 Å². The minimum Gasteiger partial charge on any atom is -0.370 e. The topological polar surface area (TPSA) is 57.1 Å². The lowest BCUT2D eigenvalue weighted by atomic mass is 9.71. The molecule has 2 heterocycles. The summed E-state index contributed by atoms with van der Waals surface area (Å²) in [6.07, 6.45) is 2.41. The van der Waals surface area contributed by atoms with Crippen molar-refractivity contribution in [1.82, 2.24) is 0 Å². The zero-order chi connectivity index (χ0) is 15.9. The van der Waals surface area contributed by atoms with Crippen molar-refractivity contribution in [3.05, 3.63) is 0 Å². The van der Waals surface area contributed by atoms with Gasteiger partial charge in [-0.05, 0) is 34.1 Å². The fraction of sp³-hybridized carbons (Fsp3) is 0.933. The molecule has 0 saturated carbocycles. The number of isocyanates is 1. The molecule has 0 spiro atoms. The lowest BCUT2D eigenvalue weighted by Crippen LogP contribution is -2.73. The SMILES string of the molecule is CC1[C@H](C)O[Si]2(CCCN=C=O)OC(C)(C)C(C)[C@@]1(C)O2. The maximum Gasteiger partial charge on any atom is 0.502 e. The van der Waals surface area contributed by atoms with Gasteiger partial charge in [0.25, 0.3) is 0 Å². The number of nitrogens with zero attached hydrogens (tertiary/aromatic N) is 1. The fourth-order valence-corrected chi connectivity index (χ4v) is 7.42. The van der Waals surface area contributed by atoms with Gasteiger partial charge in [0.2, 0.25) is 6.08 Å². The minimum absolute atomic E-state index is 0.114. The van der Waals surface area contributed by atoms with Crippen LogP contribution in [0.15, 0.2) is 4.99 Å². The molecule has 21 heavy (non-hydrogen) atoms. The molecule has 2 aliphatic heterocycles. The highest BCUT2D eigenvalue weighted by molar-refractivity contribution is 6.61. The summed E-state index contributed by atoms with van der Waals surface area (Å²) in [6.45, 7) is 13.4. The predicted molar refractivity (Wildman–Crippen MR) is 81.7 cm³/mol. The van der Waals surface area contributed by atoms with Gasteiger partial charge < -0.3 is 13.3 Å². The second-order valence-corrected chi connectivity index (χ2v) is 9.59. The third-order valence-electron chi connectivity index (χ3n) is 5.49. The van der Waals surface area contributed by atoms with E-state index in [0.29, 0.717) is 18.5 Å². The van der Waals surface area contributed by atoms with E-state index in [1.165, 1.54) is 0 Å². The summed E-state index contributed by atoms with van der Waals surface area (Å²) in [5.41, 5.74) is -0.513. The van der Waals surface area contributed by atoms with Crippen molar-refractivity contribution in [3.8, 4) is 0 Å². The summed E-state index contributed by atoms with van der Waals surface area (Å²) < 4.78 is 19.1. The summed E-state index contributed by atoms with van der Waals surface area (Å²) in [7, 11) is -2.73. The van der Waals surface area contributed by atoms with Crippen molar-refractivity contribution in [2.24, 2.45) is 16.8 Å². The van der Waals surface area contributed by atoms with Gasteiger partial charge in [-0.2, -0.15) is 0 Å². The molecule has 0 N–H and O–H groups in total. The Balaban J connectivity index is 2.26. The van der Waals surface area contributed by atoms with Crippen LogP contribution < -0.4 is 0 Å². The quantitative estimate of drug-likeness (QED) is 0.346. The highest BCUT2D eigenvalue weighted by Gasteiger charge is 2.65. The third-order valence-corrected chi connectivity index (χ3v) is 8.77. The first kappa shape index (κ1) is 16.8. The van der Waals surface area contributed by atoms with Crippen molar-refractivity contribution in [2.75, 3.05) is 6.54 Å². The molecule has 120 valence electrons. The Morgan fingerprint density at radius 3 is 2.48 bits per heavy atom. The lowest BCUT2D eigenvalue weighted by molar-refractivity contribution is -0.242. The van der Waals surface area contributed by atoms with Gasteiger partial charge in [-0.1, -0.05) is 13.8 Å². The number of fused-ring (bicyclic) bond motifs is 2. The van der Waals surface area contributed by atoms with E-state index in [-0.39, 0.29) is 23.2 Å². The Morgan fingerprint density at radius 1 is 1.19 bits per heavy atom. The van der Waals surface area contributed by atoms with Crippen LogP contribution in [0, 0.1) is 11.8 Å². The second kappa shape index (κ2) is 5.59. The van der Waals surface area contributed by atoms with E-state index in [2.05, 4.69) is 46.5 Å². The monoisotopic (exact) mass is 313 g/mol. The number of aliphatic imine (C=N–C) groups is 1. The average Bonchev–Trinajstić information content (AvgIpc) is 2.39. The van der Waals surface area contributed by atoms with Gasteiger partial charge in [0.1, 0.15) is 0 Å². The molecule has 0 aromatic carbocycles. The first-order valence-corrected chi connectivity index (χ1v) is 9.72. The summed E-state index contributed by atoms with van der Waals surface area (Å²) >= 11 is 0. The molecular weight excluding hydrogens is 286 g/mol. The summed E-state index contributed by atoms with van der Waals surface area (Å²) in [5.74, 6) is 0.587. The summed E-state index contributed by atoms with van der Waals surface area (Å²) in [4.78, 5) is 13.8. The molecule has 0 radical (unpaired) electrons. The highest BCUT2D eigenvalue weighted by Crippen LogP contribution is 2.52. The van der Waals surface area contributed by atoms with Gasteiger partial charge in [-0.25, -0.2) is 9.79 Å². The van der Waals surface area contributed by atoms with E-state index in [9.17, 15) is 4.79 Å². The highest BCUT2D eigenvalue weighted by atomic mass is 28.4. The largest absolute Gasteiger partial charge is 0.502 e. The van der Waals surface area contributed by atoms with Gasteiger partial charge in [0, 0.05) is 17.9 Å². The van der Waals surface area contributed by atoms with Gasteiger partial charge in [0.05, 0.1) is 23.9 Å². The predicted octanol–water partition coefficient (Wildman–Crippen LogP) is 2.93. The van der Waals surface area contributed by atoms with Crippen LogP contribution >= 0.6 is 0 Å².